The van der Waals surface area contributed by atoms with Gasteiger partial charge in [-0.3, -0.25) is 0 Å². The highest BCUT2D eigenvalue weighted by Crippen LogP contribution is 2.21. The lowest BCUT2D eigenvalue weighted by Gasteiger charge is -2.07. The molecule has 0 aliphatic heterocycles. The van der Waals surface area contributed by atoms with Crippen LogP contribution in [0.3, 0.4) is 0 Å². The van der Waals surface area contributed by atoms with Crippen molar-refractivity contribution in [2.75, 3.05) is 0 Å². The predicted molar refractivity (Wildman–Crippen MR) is 70.8 cm³/mol. The highest BCUT2D eigenvalue weighted by molar-refractivity contribution is 5.32. The molecule has 2 aromatic rings. The van der Waals surface area contributed by atoms with E-state index in [0.29, 0.717) is 5.88 Å². The van der Waals surface area contributed by atoms with E-state index in [1.807, 2.05) is 37.3 Å². The molecule has 0 unspecified atom stereocenters. The topological polar surface area (TPSA) is 42.4 Å². The van der Waals surface area contributed by atoms with Crippen LogP contribution >= 0.6 is 0 Å². The van der Waals surface area contributed by atoms with E-state index in [-0.39, 0.29) is 6.61 Å². The monoisotopic (exact) mass is 243 g/mol. The summed E-state index contributed by atoms with van der Waals surface area (Å²) in [6, 6.07) is 11.5. The largest absolute Gasteiger partial charge is 0.439 e. The van der Waals surface area contributed by atoms with Gasteiger partial charge in [-0.2, -0.15) is 0 Å². The van der Waals surface area contributed by atoms with Gasteiger partial charge in [0.25, 0.3) is 0 Å². The lowest BCUT2D eigenvalue weighted by molar-refractivity contribution is 0.281. The van der Waals surface area contributed by atoms with E-state index >= 15 is 0 Å². The number of aliphatic hydroxyl groups excluding tert-OH is 1. The summed E-state index contributed by atoms with van der Waals surface area (Å²) in [5.41, 5.74) is 2.92. The lowest BCUT2D eigenvalue weighted by atomic mass is 10.2. The predicted octanol–water partition coefficient (Wildman–Crippen LogP) is 3.24. The first kappa shape index (κ1) is 12.6. The van der Waals surface area contributed by atoms with Gasteiger partial charge >= 0.3 is 0 Å². The van der Waals surface area contributed by atoms with Gasteiger partial charge < -0.3 is 9.84 Å². The standard InChI is InChI=1S/C15H17NO2/c1-3-12-4-6-14(7-5-12)18-15-9-13(10-17)8-11(2)16-15/h4-9,17H,3,10H2,1-2H3. The smallest absolute Gasteiger partial charge is 0.219 e. The van der Waals surface area contributed by atoms with E-state index in [4.69, 9.17) is 9.84 Å². The van der Waals surface area contributed by atoms with Crippen molar-refractivity contribution >= 4 is 0 Å². The fourth-order valence-electron chi connectivity index (χ4n) is 1.76. The average Bonchev–Trinajstić information content (AvgIpc) is 2.39. The Bertz CT molecular complexity index is 521. The molecule has 0 aliphatic carbocycles. The van der Waals surface area contributed by atoms with Crippen LogP contribution in [0.1, 0.15) is 23.7 Å². The molecule has 0 saturated carbocycles. The van der Waals surface area contributed by atoms with E-state index in [0.717, 1.165) is 23.4 Å². The first-order valence-corrected chi connectivity index (χ1v) is 6.06. The van der Waals surface area contributed by atoms with Gasteiger partial charge in [-0.25, -0.2) is 4.98 Å². The summed E-state index contributed by atoms with van der Waals surface area (Å²) in [5.74, 6) is 1.28. The summed E-state index contributed by atoms with van der Waals surface area (Å²) >= 11 is 0. The molecule has 0 fully saturated rings. The molecule has 0 atom stereocenters. The SMILES string of the molecule is CCc1ccc(Oc2cc(CO)cc(C)n2)cc1. The van der Waals surface area contributed by atoms with Crippen molar-refractivity contribution in [3.05, 3.63) is 53.2 Å². The molecule has 2 rings (SSSR count). The Kier molecular flexibility index (Phi) is 3.95. The summed E-state index contributed by atoms with van der Waals surface area (Å²) in [6.45, 7) is 3.99. The van der Waals surface area contributed by atoms with Crippen molar-refractivity contribution in [1.29, 1.82) is 0 Å². The van der Waals surface area contributed by atoms with Gasteiger partial charge in [0.2, 0.25) is 5.88 Å². The molecule has 1 aromatic heterocycles. The van der Waals surface area contributed by atoms with Gasteiger partial charge in [-0.1, -0.05) is 19.1 Å². The highest BCUT2D eigenvalue weighted by atomic mass is 16.5. The first-order chi connectivity index (χ1) is 8.71. The van der Waals surface area contributed by atoms with Crippen molar-refractivity contribution in [3.63, 3.8) is 0 Å². The Morgan fingerprint density at radius 3 is 2.44 bits per heavy atom. The maximum Gasteiger partial charge on any atom is 0.219 e. The Morgan fingerprint density at radius 2 is 1.83 bits per heavy atom. The summed E-state index contributed by atoms with van der Waals surface area (Å²) in [6.07, 6.45) is 1.01. The second-order valence-corrected chi connectivity index (χ2v) is 4.21. The van der Waals surface area contributed by atoms with Gasteiger partial charge in [0.05, 0.1) is 6.61 Å². The molecule has 3 nitrogen and oxygen atoms in total. The van der Waals surface area contributed by atoms with Crippen LogP contribution in [0.5, 0.6) is 11.6 Å². The number of ether oxygens (including phenoxy) is 1. The van der Waals surface area contributed by atoms with E-state index in [2.05, 4.69) is 11.9 Å². The van der Waals surface area contributed by atoms with Crippen LogP contribution in [0.25, 0.3) is 0 Å². The van der Waals surface area contributed by atoms with Gasteiger partial charge in [-0.15, -0.1) is 0 Å². The molecular formula is C15H17NO2. The van der Waals surface area contributed by atoms with E-state index in [9.17, 15) is 0 Å². The second-order valence-electron chi connectivity index (χ2n) is 4.21. The van der Waals surface area contributed by atoms with Crippen molar-refractivity contribution < 1.29 is 9.84 Å². The molecule has 18 heavy (non-hydrogen) atoms. The van der Waals surface area contributed by atoms with Gasteiger partial charge in [0.1, 0.15) is 5.75 Å². The third-order valence-corrected chi connectivity index (χ3v) is 2.73. The Morgan fingerprint density at radius 1 is 1.11 bits per heavy atom. The quantitative estimate of drug-likeness (QED) is 0.896. The summed E-state index contributed by atoms with van der Waals surface area (Å²) in [4.78, 5) is 4.29. The number of aryl methyl sites for hydroxylation is 2. The number of nitrogens with zero attached hydrogens (tertiary/aromatic N) is 1. The maximum absolute atomic E-state index is 9.14. The normalized spacial score (nSPS) is 10.4. The molecule has 1 N–H and O–H groups in total. The van der Waals surface area contributed by atoms with Crippen LogP contribution in [0.4, 0.5) is 0 Å². The minimum absolute atomic E-state index is 0.00546. The summed E-state index contributed by atoms with van der Waals surface area (Å²) in [7, 11) is 0. The molecule has 0 saturated heterocycles. The minimum atomic E-state index is -0.00546. The minimum Gasteiger partial charge on any atom is -0.439 e. The van der Waals surface area contributed by atoms with Crippen LogP contribution in [0, 0.1) is 6.92 Å². The van der Waals surface area contributed by atoms with E-state index < -0.39 is 0 Å². The zero-order valence-corrected chi connectivity index (χ0v) is 10.7. The molecule has 1 heterocycles. The van der Waals surface area contributed by atoms with Crippen LogP contribution in [0.15, 0.2) is 36.4 Å². The first-order valence-electron chi connectivity index (χ1n) is 6.06. The second kappa shape index (κ2) is 5.65. The number of rotatable bonds is 4. The molecule has 0 radical (unpaired) electrons. The molecular weight excluding hydrogens is 226 g/mol. The Hall–Kier alpha value is -1.87. The van der Waals surface area contributed by atoms with Gasteiger partial charge in [-0.05, 0) is 42.7 Å². The molecule has 0 aliphatic rings. The highest BCUT2D eigenvalue weighted by Gasteiger charge is 2.02. The molecule has 0 bridgehead atoms. The van der Waals surface area contributed by atoms with E-state index in [1.54, 1.807) is 6.07 Å². The Labute approximate surface area is 107 Å². The van der Waals surface area contributed by atoms with Crippen molar-refractivity contribution in [2.45, 2.75) is 26.9 Å². The van der Waals surface area contributed by atoms with Crippen molar-refractivity contribution in [1.82, 2.24) is 4.98 Å². The van der Waals surface area contributed by atoms with Crippen molar-refractivity contribution in [2.24, 2.45) is 0 Å². The zero-order chi connectivity index (χ0) is 13.0. The number of aliphatic hydroxyl groups is 1. The fourth-order valence-corrected chi connectivity index (χ4v) is 1.76. The fraction of sp³-hybridized carbons (Fsp3) is 0.267. The zero-order valence-electron chi connectivity index (χ0n) is 10.7. The average molecular weight is 243 g/mol. The molecule has 3 heteroatoms. The number of hydrogen-bond donors (Lipinski definition) is 1. The van der Waals surface area contributed by atoms with Gasteiger partial charge in [0.15, 0.2) is 0 Å². The van der Waals surface area contributed by atoms with Crippen LogP contribution in [-0.4, -0.2) is 10.1 Å². The number of aromatic nitrogens is 1. The summed E-state index contributed by atoms with van der Waals surface area (Å²) < 4.78 is 5.68. The summed E-state index contributed by atoms with van der Waals surface area (Å²) in [5, 5.41) is 9.14. The number of pyridine rings is 1. The van der Waals surface area contributed by atoms with Crippen LogP contribution < -0.4 is 4.74 Å². The molecule has 0 spiro atoms. The van der Waals surface area contributed by atoms with Crippen LogP contribution in [-0.2, 0) is 13.0 Å². The molecule has 1 aromatic carbocycles. The van der Waals surface area contributed by atoms with Crippen molar-refractivity contribution in [3.8, 4) is 11.6 Å². The maximum atomic E-state index is 9.14. The third-order valence-electron chi connectivity index (χ3n) is 2.73. The van der Waals surface area contributed by atoms with Crippen LogP contribution in [0.2, 0.25) is 0 Å². The third kappa shape index (κ3) is 3.08. The number of benzene rings is 1. The Balaban J connectivity index is 2.19. The molecule has 94 valence electrons. The lowest BCUT2D eigenvalue weighted by Crippen LogP contribution is -1.94. The van der Waals surface area contributed by atoms with Gasteiger partial charge in [0, 0.05) is 11.8 Å². The van der Waals surface area contributed by atoms with E-state index in [1.165, 1.54) is 5.56 Å². The number of hydrogen-bond acceptors (Lipinski definition) is 3. The molecule has 0 amide bonds.